The molecule has 1 aromatic heterocycles. The van der Waals surface area contributed by atoms with Crippen LogP contribution in [0.2, 0.25) is 0 Å². The molecule has 96 valence electrons. The van der Waals surface area contributed by atoms with Crippen LogP contribution in [0.4, 0.5) is 0 Å². The number of nitrogens with one attached hydrogen (secondary N) is 1. The van der Waals surface area contributed by atoms with Gasteiger partial charge in [-0.15, -0.1) is 0 Å². The van der Waals surface area contributed by atoms with Crippen molar-refractivity contribution in [2.24, 2.45) is 7.05 Å². The minimum Gasteiger partial charge on any atom is -0.390 e. The quantitative estimate of drug-likeness (QED) is 0.681. The molecule has 1 aromatic rings. The first kappa shape index (κ1) is 12.5. The number of aryl methyl sites for hydroxylation is 1. The summed E-state index contributed by atoms with van der Waals surface area (Å²) in [4.78, 5) is 3.84. The summed E-state index contributed by atoms with van der Waals surface area (Å²) in [6, 6.07) is -0.443. The Labute approximate surface area is 100 Å². The van der Waals surface area contributed by atoms with Crippen LogP contribution in [0, 0.1) is 0 Å². The molecule has 1 saturated heterocycles. The Bertz CT molecular complexity index is 498. The zero-order valence-corrected chi connectivity index (χ0v) is 10.6. The molecule has 0 saturated carbocycles. The van der Waals surface area contributed by atoms with Crippen LogP contribution in [0.5, 0.6) is 0 Å². The highest BCUT2D eigenvalue weighted by Gasteiger charge is 2.36. The molecule has 0 radical (unpaired) electrons. The SMILES string of the molecule is CN([C@@H]1CNC[C@H]1O)S(=O)(=O)c1cn(C)cn1. The molecular formula is C9H16N4O3S. The molecule has 0 amide bonds. The van der Waals surface area contributed by atoms with Crippen LogP contribution in [0.15, 0.2) is 17.6 Å². The number of imidazole rings is 1. The summed E-state index contributed by atoms with van der Waals surface area (Å²) in [5.74, 6) is 0. The van der Waals surface area contributed by atoms with E-state index in [1.54, 1.807) is 11.6 Å². The third kappa shape index (κ3) is 2.21. The number of aliphatic hydroxyl groups excluding tert-OH is 1. The maximum Gasteiger partial charge on any atom is 0.262 e. The van der Waals surface area contributed by atoms with Gasteiger partial charge in [-0.3, -0.25) is 0 Å². The second-order valence-electron chi connectivity index (χ2n) is 4.19. The number of hydrogen-bond donors (Lipinski definition) is 2. The molecule has 0 bridgehead atoms. The summed E-state index contributed by atoms with van der Waals surface area (Å²) in [6.45, 7) is 0.858. The average molecular weight is 260 g/mol. The van der Waals surface area contributed by atoms with Crippen molar-refractivity contribution >= 4 is 10.0 Å². The molecule has 1 aliphatic rings. The van der Waals surface area contributed by atoms with Crippen molar-refractivity contribution in [3.8, 4) is 0 Å². The molecule has 8 heteroatoms. The first-order chi connectivity index (χ1) is 7.93. The highest BCUT2D eigenvalue weighted by atomic mass is 32.2. The van der Waals surface area contributed by atoms with Crippen molar-refractivity contribution < 1.29 is 13.5 Å². The lowest BCUT2D eigenvalue weighted by Gasteiger charge is -2.24. The fourth-order valence-electron chi connectivity index (χ4n) is 1.87. The Balaban J connectivity index is 2.26. The minimum absolute atomic E-state index is 0.00148. The second kappa shape index (κ2) is 4.37. The number of rotatable bonds is 3. The lowest BCUT2D eigenvalue weighted by atomic mass is 10.2. The fourth-order valence-corrected chi connectivity index (χ4v) is 3.22. The molecule has 2 atom stereocenters. The highest BCUT2D eigenvalue weighted by Crippen LogP contribution is 2.17. The van der Waals surface area contributed by atoms with E-state index in [2.05, 4.69) is 10.3 Å². The number of aliphatic hydroxyl groups is 1. The van der Waals surface area contributed by atoms with E-state index in [-0.39, 0.29) is 5.03 Å². The normalized spacial score (nSPS) is 25.6. The maximum absolute atomic E-state index is 12.2. The van der Waals surface area contributed by atoms with Crippen molar-refractivity contribution in [1.29, 1.82) is 0 Å². The Kier molecular flexibility index (Phi) is 3.21. The van der Waals surface area contributed by atoms with Crippen molar-refractivity contribution in [3.63, 3.8) is 0 Å². The molecular weight excluding hydrogens is 244 g/mol. The van der Waals surface area contributed by atoms with Crippen molar-refractivity contribution in [3.05, 3.63) is 12.5 Å². The minimum atomic E-state index is -3.63. The summed E-state index contributed by atoms with van der Waals surface area (Å²) >= 11 is 0. The number of β-amino-alcohol motifs (C(OH)–C–C–N with tert-alkyl or cyclic N) is 1. The Hall–Kier alpha value is -0.960. The van der Waals surface area contributed by atoms with Gasteiger partial charge in [-0.05, 0) is 0 Å². The van der Waals surface area contributed by atoms with Gasteiger partial charge in [-0.25, -0.2) is 13.4 Å². The molecule has 0 unspecified atom stereocenters. The molecule has 2 N–H and O–H groups in total. The van der Waals surface area contributed by atoms with Gasteiger partial charge in [0, 0.05) is 33.4 Å². The number of likely N-dealkylation sites (N-methyl/N-ethyl adjacent to an activating group) is 1. The van der Waals surface area contributed by atoms with Gasteiger partial charge in [0.1, 0.15) is 0 Å². The van der Waals surface area contributed by atoms with Gasteiger partial charge in [0.2, 0.25) is 0 Å². The van der Waals surface area contributed by atoms with Crippen LogP contribution in [0.3, 0.4) is 0 Å². The van der Waals surface area contributed by atoms with E-state index in [0.29, 0.717) is 13.1 Å². The summed E-state index contributed by atoms with van der Waals surface area (Å²) in [5, 5.41) is 12.6. The Morgan fingerprint density at radius 2 is 2.29 bits per heavy atom. The van der Waals surface area contributed by atoms with Gasteiger partial charge >= 0.3 is 0 Å². The standard InChI is InChI=1S/C9H16N4O3S/c1-12-5-9(11-6-12)17(15,16)13(2)7-3-10-4-8(7)14/h5-8,10,14H,3-4H2,1-2H3/t7-,8-/m1/s1. The fraction of sp³-hybridized carbons (Fsp3) is 0.667. The molecule has 0 spiro atoms. The highest BCUT2D eigenvalue weighted by molar-refractivity contribution is 7.89. The Morgan fingerprint density at radius 1 is 1.59 bits per heavy atom. The smallest absolute Gasteiger partial charge is 0.262 e. The third-order valence-corrected chi connectivity index (χ3v) is 4.71. The van der Waals surface area contributed by atoms with E-state index < -0.39 is 22.2 Å². The monoisotopic (exact) mass is 260 g/mol. The van der Waals surface area contributed by atoms with Crippen LogP contribution >= 0.6 is 0 Å². The second-order valence-corrected chi connectivity index (χ2v) is 6.14. The Morgan fingerprint density at radius 3 is 2.76 bits per heavy atom. The predicted molar refractivity (Wildman–Crippen MR) is 60.8 cm³/mol. The lowest BCUT2D eigenvalue weighted by Crippen LogP contribution is -2.44. The predicted octanol–water partition coefficient (Wildman–Crippen LogP) is -1.63. The first-order valence-electron chi connectivity index (χ1n) is 5.27. The van der Waals surface area contributed by atoms with Gasteiger partial charge in [0.25, 0.3) is 10.0 Å². The van der Waals surface area contributed by atoms with Crippen molar-refractivity contribution in [2.75, 3.05) is 20.1 Å². The number of aromatic nitrogens is 2. The van der Waals surface area contributed by atoms with Crippen LogP contribution in [-0.4, -0.2) is 59.7 Å². The van der Waals surface area contributed by atoms with E-state index in [4.69, 9.17) is 0 Å². The lowest BCUT2D eigenvalue weighted by molar-refractivity contribution is 0.136. The van der Waals surface area contributed by atoms with Crippen molar-refractivity contribution in [1.82, 2.24) is 19.2 Å². The summed E-state index contributed by atoms with van der Waals surface area (Å²) in [6.07, 6.45) is 2.20. The molecule has 1 aliphatic heterocycles. The van der Waals surface area contributed by atoms with E-state index in [9.17, 15) is 13.5 Å². The first-order valence-corrected chi connectivity index (χ1v) is 6.71. The largest absolute Gasteiger partial charge is 0.390 e. The van der Waals surface area contributed by atoms with Crippen molar-refractivity contribution in [2.45, 2.75) is 17.2 Å². The molecule has 1 fully saturated rings. The maximum atomic E-state index is 12.2. The molecule has 2 heterocycles. The van der Waals surface area contributed by atoms with Gasteiger partial charge < -0.3 is 15.0 Å². The van der Waals surface area contributed by atoms with E-state index in [1.807, 2.05) is 0 Å². The molecule has 2 rings (SSSR count). The van der Waals surface area contributed by atoms with E-state index in [1.165, 1.54) is 23.9 Å². The van der Waals surface area contributed by atoms with Gasteiger partial charge in [0.05, 0.1) is 18.5 Å². The summed E-state index contributed by atoms with van der Waals surface area (Å²) in [7, 11) is -0.464. The van der Waals surface area contributed by atoms with Gasteiger partial charge in [-0.1, -0.05) is 0 Å². The third-order valence-electron chi connectivity index (χ3n) is 2.94. The molecule has 17 heavy (non-hydrogen) atoms. The number of hydrogen-bond acceptors (Lipinski definition) is 5. The zero-order valence-electron chi connectivity index (χ0n) is 9.74. The molecule has 0 aliphatic carbocycles. The summed E-state index contributed by atoms with van der Waals surface area (Å²) in [5.41, 5.74) is 0. The number of nitrogens with zero attached hydrogens (tertiary/aromatic N) is 3. The van der Waals surface area contributed by atoms with Crippen LogP contribution < -0.4 is 5.32 Å². The molecule has 7 nitrogen and oxygen atoms in total. The van der Waals surface area contributed by atoms with Crippen LogP contribution in [0.25, 0.3) is 0 Å². The van der Waals surface area contributed by atoms with Crippen LogP contribution in [-0.2, 0) is 17.1 Å². The zero-order chi connectivity index (χ0) is 12.6. The average Bonchev–Trinajstić information content (AvgIpc) is 2.86. The van der Waals surface area contributed by atoms with E-state index in [0.717, 1.165) is 0 Å². The van der Waals surface area contributed by atoms with E-state index >= 15 is 0 Å². The van der Waals surface area contributed by atoms with Crippen LogP contribution in [0.1, 0.15) is 0 Å². The molecule has 0 aromatic carbocycles. The van der Waals surface area contributed by atoms with Gasteiger partial charge in [-0.2, -0.15) is 4.31 Å². The summed E-state index contributed by atoms with van der Waals surface area (Å²) < 4.78 is 27.1. The van der Waals surface area contributed by atoms with Gasteiger partial charge in [0.15, 0.2) is 5.03 Å². The number of sulfonamides is 1. The topological polar surface area (TPSA) is 87.5 Å².